The van der Waals surface area contributed by atoms with E-state index in [1.54, 1.807) is 0 Å². The molecule has 0 aliphatic heterocycles. The van der Waals surface area contributed by atoms with Gasteiger partial charge in [0.25, 0.3) is 0 Å². The Balaban J connectivity index is 2.91. The monoisotopic (exact) mass is 207 g/mol. The van der Waals surface area contributed by atoms with Gasteiger partial charge in [0.2, 0.25) is 0 Å². The zero-order chi connectivity index (χ0) is 11.3. The van der Waals surface area contributed by atoms with Crippen molar-refractivity contribution in [3.63, 3.8) is 0 Å². The Hall–Kier alpha value is -1.09. The third-order valence-electron chi connectivity index (χ3n) is 2.76. The van der Waals surface area contributed by atoms with Crippen LogP contribution in [0, 0.1) is 0 Å². The van der Waals surface area contributed by atoms with Crippen LogP contribution in [0.5, 0.6) is 0 Å². The fraction of sp³-hybridized carbons (Fsp3) is 0.583. The van der Waals surface area contributed by atoms with Gasteiger partial charge in [-0.1, -0.05) is 13.0 Å². The molecule has 0 aromatic carbocycles. The molecule has 1 aromatic heterocycles. The van der Waals surface area contributed by atoms with E-state index in [2.05, 4.69) is 36.7 Å². The minimum atomic E-state index is 0.506. The molecule has 0 aliphatic rings. The Morgan fingerprint density at radius 2 is 2.13 bits per heavy atom. The summed E-state index contributed by atoms with van der Waals surface area (Å²) in [5.41, 5.74) is 6.54. The van der Waals surface area contributed by atoms with Gasteiger partial charge in [-0.05, 0) is 32.4 Å². The molecule has 1 heterocycles. The Kier molecular flexibility index (Phi) is 4.56. The van der Waals surface area contributed by atoms with Crippen LogP contribution < -0.4 is 10.6 Å². The van der Waals surface area contributed by atoms with Gasteiger partial charge >= 0.3 is 0 Å². The lowest BCUT2D eigenvalue weighted by atomic mass is 10.2. The van der Waals surface area contributed by atoms with E-state index >= 15 is 0 Å². The van der Waals surface area contributed by atoms with E-state index in [4.69, 9.17) is 5.73 Å². The molecule has 1 unspecified atom stereocenters. The second kappa shape index (κ2) is 5.71. The molecule has 0 saturated carbocycles. The van der Waals surface area contributed by atoms with Crippen molar-refractivity contribution in [3.05, 3.63) is 23.9 Å². The molecular formula is C12H21N3. The minimum absolute atomic E-state index is 0.506. The van der Waals surface area contributed by atoms with Crippen molar-refractivity contribution in [2.45, 2.75) is 39.8 Å². The number of hydrogen-bond donors (Lipinski definition) is 1. The van der Waals surface area contributed by atoms with Gasteiger partial charge in [0.15, 0.2) is 0 Å². The molecule has 2 N–H and O–H groups in total. The number of nitrogens with zero attached hydrogens (tertiary/aromatic N) is 2. The van der Waals surface area contributed by atoms with E-state index in [0.29, 0.717) is 12.6 Å². The van der Waals surface area contributed by atoms with E-state index in [-0.39, 0.29) is 0 Å². The summed E-state index contributed by atoms with van der Waals surface area (Å²) in [4.78, 5) is 6.84. The van der Waals surface area contributed by atoms with E-state index < -0.39 is 0 Å². The highest BCUT2D eigenvalue weighted by atomic mass is 15.2. The molecule has 1 rings (SSSR count). The van der Waals surface area contributed by atoms with Gasteiger partial charge in [-0.2, -0.15) is 0 Å². The highest BCUT2D eigenvalue weighted by molar-refractivity contribution is 5.40. The Morgan fingerprint density at radius 3 is 2.67 bits per heavy atom. The third kappa shape index (κ3) is 2.93. The van der Waals surface area contributed by atoms with Gasteiger partial charge in [0, 0.05) is 19.1 Å². The summed E-state index contributed by atoms with van der Waals surface area (Å²) in [6.07, 6.45) is 1.13. The second-order valence-electron chi connectivity index (χ2n) is 3.73. The molecule has 0 radical (unpaired) electrons. The number of nitrogens with two attached hydrogens (primary N) is 1. The maximum Gasteiger partial charge on any atom is 0.129 e. The molecule has 3 heteroatoms. The summed E-state index contributed by atoms with van der Waals surface area (Å²) in [5, 5.41) is 0. The Bertz CT molecular complexity index is 299. The van der Waals surface area contributed by atoms with Gasteiger partial charge in [0.05, 0.1) is 5.69 Å². The molecular weight excluding hydrogens is 186 g/mol. The first-order chi connectivity index (χ1) is 7.22. The van der Waals surface area contributed by atoms with Crippen LogP contribution >= 0.6 is 0 Å². The van der Waals surface area contributed by atoms with Crippen molar-refractivity contribution in [2.75, 3.05) is 11.4 Å². The number of hydrogen-bond acceptors (Lipinski definition) is 3. The van der Waals surface area contributed by atoms with E-state index in [1.165, 1.54) is 0 Å². The highest BCUT2D eigenvalue weighted by Gasteiger charge is 2.11. The average molecular weight is 207 g/mol. The molecule has 0 aliphatic carbocycles. The van der Waals surface area contributed by atoms with Crippen molar-refractivity contribution in [1.82, 2.24) is 4.98 Å². The SMILES string of the molecule is CCC(C)N(CC)c1cccc(CN)n1. The minimum Gasteiger partial charge on any atom is -0.354 e. The molecule has 3 nitrogen and oxygen atoms in total. The first-order valence-electron chi connectivity index (χ1n) is 5.65. The normalized spacial score (nSPS) is 12.5. The maximum absolute atomic E-state index is 5.59. The lowest BCUT2D eigenvalue weighted by Gasteiger charge is -2.28. The fourth-order valence-corrected chi connectivity index (χ4v) is 1.66. The summed E-state index contributed by atoms with van der Waals surface area (Å²) in [6, 6.07) is 6.56. The van der Waals surface area contributed by atoms with Crippen LogP contribution in [0.1, 0.15) is 32.9 Å². The van der Waals surface area contributed by atoms with Crippen LogP contribution in [-0.2, 0) is 6.54 Å². The summed E-state index contributed by atoms with van der Waals surface area (Å²) < 4.78 is 0. The van der Waals surface area contributed by atoms with Gasteiger partial charge in [0.1, 0.15) is 5.82 Å². The molecule has 0 amide bonds. The molecule has 0 bridgehead atoms. The van der Waals surface area contributed by atoms with Crippen molar-refractivity contribution < 1.29 is 0 Å². The van der Waals surface area contributed by atoms with E-state index in [9.17, 15) is 0 Å². The molecule has 0 saturated heterocycles. The predicted octanol–water partition coefficient (Wildman–Crippen LogP) is 2.17. The van der Waals surface area contributed by atoms with E-state index in [1.807, 2.05) is 12.1 Å². The summed E-state index contributed by atoms with van der Waals surface area (Å²) in [7, 11) is 0. The van der Waals surface area contributed by atoms with Crippen molar-refractivity contribution in [1.29, 1.82) is 0 Å². The summed E-state index contributed by atoms with van der Waals surface area (Å²) >= 11 is 0. The van der Waals surface area contributed by atoms with Crippen LogP contribution in [-0.4, -0.2) is 17.6 Å². The average Bonchev–Trinajstić information content (AvgIpc) is 2.30. The zero-order valence-corrected chi connectivity index (χ0v) is 9.90. The number of pyridine rings is 1. The van der Waals surface area contributed by atoms with Gasteiger partial charge < -0.3 is 10.6 Å². The summed E-state index contributed by atoms with van der Waals surface area (Å²) in [5.74, 6) is 1.04. The molecule has 1 atom stereocenters. The second-order valence-corrected chi connectivity index (χ2v) is 3.73. The lowest BCUT2D eigenvalue weighted by Crippen LogP contribution is -2.33. The van der Waals surface area contributed by atoms with Crippen LogP contribution in [0.3, 0.4) is 0 Å². The molecule has 0 spiro atoms. The fourth-order valence-electron chi connectivity index (χ4n) is 1.66. The highest BCUT2D eigenvalue weighted by Crippen LogP contribution is 2.15. The number of rotatable bonds is 5. The van der Waals surface area contributed by atoms with Crippen LogP contribution in [0.15, 0.2) is 18.2 Å². The van der Waals surface area contributed by atoms with Gasteiger partial charge in [-0.3, -0.25) is 0 Å². The largest absolute Gasteiger partial charge is 0.354 e. The van der Waals surface area contributed by atoms with Crippen LogP contribution in [0.4, 0.5) is 5.82 Å². The Labute approximate surface area is 92.3 Å². The summed E-state index contributed by atoms with van der Waals surface area (Å²) in [6.45, 7) is 8.06. The van der Waals surface area contributed by atoms with Crippen molar-refractivity contribution >= 4 is 5.82 Å². The quantitative estimate of drug-likeness (QED) is 0.804. The lowest BCUT2D eigenvalue weighted by molar-refractivity contribution is 0.622. The predicted molar refractivity (Wildman–Crippen MR) is 64.9 cm³/mol. The topological polar surface area (TPSA) is 42.1 Å². The zero-order valence-electron chi connectivity index (χ0n) is 9.90. The van der Waals surface area contributed by atoms with Crippen LogP contribution in [0.2, 0.25) is 0 Å². The smallest absolute Gasteiger partial charge is 0.129 e. The third-order valence-corrected chi connectivity index (χ3v) is 2.76. The molecule has 15 heavy (non-hydrogen) atoms. The van der Waals surface area contributed by atoms with Gasteiger partial charge in [-0.25, -0.2) is 4.98 Å². The van der Waals surface area contributed by atoms with Gasteiger partial charge in [-0.15, -0.1) is 0 Å². The Morgan fingerprint density at radius 1 is 1.40 bits per heavy atom. The standard InChI is InChI=1S/C12H21N3/c1-4-10(3)15(5-2)12-8-6-7-11(9-13)14-12/h6-8,10H,4-5,9,13H2,1-3H3. The van der Waals surface area contributed by atoms with Crippen molar-refractivity contribution in [2.24, 2.45) is 5.73 Å². The van der Waals surface area contributed by atoms with Crippen molar-refractivity contribution in [3.8, 4) is 0 Å². The first kappa shape index (κ1) is 12.0. The number of aromatic nitrogens is 1. The molecule has 1 aromatic rings. The molecule has 84 valence electrons. The van der Waals surface area contributed by atoms with Crippen LogP contribution in [0.25, 0.3) is 0 Å². The number of anilines is 1. The first-order valence-corrected chi connectivity index (χ1v) is 5.65. The van der Waals surface area contributed by atoms with E-state index in [0.717, 1.165) is 24.5 Å². The molecule has 0 fully saturated rings. The maximum atomic E-state index is 5.59.